The fraction of sp³-hybridized carbons (Fsp3) is 0.188. The summed E-state index contributed by atoms with van der Waals surface area (Å²) in [4.78, 5) is 0. The number of rotatable bonds is 4. The van der Waals surface area contributed by atoms with Gasteiger partial charge < -0.3 is 15.4 Å². The normalized spacial score (nSPS) is 11.0. The zero-order chi connectivity index (χ0) is 17.7. The van der Waals surface area contributed by atoms with Crippen LogP contribution in [0.15, 0.2) is 42.5 Å². The van der Waals surface area contributed by atoms with Crippen LogP contribution in [-0.2, 0) is 6.54 Å². The number of thiocarbonyl (C=S) groups is 1. The van der Waals surface area contributed by atoms with Crippen LogP contribution in [0.5, 0.6) is 5.75 Å². The molecule has 2 aromatic rings. The summed E-state index contributed by atoms with van der Waals surface area (Å²) in [7, 11) is 0. The molecule has 8 heteroatoms. The average Bonchev–Trinajstić information content (AvgIpc) is 2.49. The van der Waals surface area contributed by atoms with Gasteiger partial charge in [-0.1, -0.05) is 35.9 Å². The van der Waals surface area contributed by atoms with Crippen LogP contribution in [-0.4, -0.2) is 11.5 Å². The van der Waals surface area contributed by atoms with E-state index in [4.69, 9.17) is 23.8 Å². The molecule has 2 aromatic carbocycles. The fourth-order valence-electron chi connectivity index (χ4n) is 1.96. The molecular weight excluding hydrogens is 361 g/mol. The van der Waals surface area contributed by atoms with Gasteiger partial charge >= 0.3 is 6.36 Å². The third kappa shape index (κ3) is 5.28. The molecule has 0 aromatic heterocycles. The first kappa shape index (κ1) is 18.4. The van der Waals surface area contributed by atoms with E-state index in [9.17, 15) is 13.2 Å². The fourth-order valence-corrected chi connectivity index (χ4v) is 2.32. The maximum absolute atomic E-state index is 12.4. The van der Waals surface area contributed by atoms with E-state index in [1.807, 2.05) is 6.92 Å². The van der Waals surface area contributed by atoms with Gasteiger partial charge in [0.05, 0.1) is 0 Å². The zero-order valence-electron chi connectivity index (χ0n) is 12.6. The standard InChI is InChI=1S/C16H14ClF3N2OS/c1-10-12(17)6-4-7-13(10)22-15(24)21-9-11-5-2-3-8-14(11)23-16(18,19)20/h2-8H,9H2,1H3,(H2,21,22,24). The van der Waals surface area contributed by atoms with Gasteiger partial charge in [-0.2, -0.15) is 0 Å². The summed E-state index contributed by atoms with van der Waals surface area (Å²) < 4.78 is 41.2. The largest absolute Gasteiger partial charge is 0.573 e. The molecule has 0 spiro atoms. The number of benzene rings is 2. The number of hydrogen-bond donors (Lipinski definition) is 2. The molecule has 24 heavy (non-hydrogen) atoms. The second-order valence-electron chi connectivity index (χ2n) is 4.88. The van der Waals surface area contributed by atoms with Crippen molar-refractivity contribution >= 4 is 34.6 Å². The molecule has 0 amide bonds. The van der Waals surface area contributed by atoms with Crippen LogP contribution in [0.2, 0.25) is 5.02 Å². The Bertz CT molecular complexity index is 738. The highest BCUT2D eigenvalue weighted by molar-refractivity contribution is 7.80. The summed E-state index contributed by atoms with van der Waals surface area (Å²) in [5, 5.41) is 6.67. The Kier molecular flexibility index (Phi) is 5.90. The van der Waals surface area contributed by atoms with Crippen LogP contribution < -0.4 is 15.4 Å². The van der Waals surface area contributed by atoms with Gasteiger partial charge in [-0.15, -0.1) is 13.2 Å². The summed E-state index contributed by atoms with van der Waals surface area (Å²) >= 11 is 11.2. The maximum Gasteiger partial charge on any atom is 0.573 e. The molecular formula is C16H14ClF3N2OS. The summed E-state index contributed by atoms with van der Waals surface area (Å²) in [6, 6.07) is 11.2. The van der Waals surface area contributed by atoms with E-state index in [0.29, 0.717) is 10.6 Å². The van der Waals surface area contributed by atoms with E-state index in [-0.39, 0.29) is 17.4 Å². The van der Waals surface area contributed by atoms with Crippen molar-refractivity contribution in [2.24, 2.45) is 0 Å². The lowest BCUT2D eigenvalue weighted by Crippen LogP contribution is -2.28. The predicted molar refractivity (Wildman–Crippen MR) is 92.4 cm³/mol. The van der Waals surface area contributed by atoms with Gasteiger partial charge in [-0.25, -0.2) is 0 Å². The molecule has 2 rings (SSSR count). The third-order valence-corrected chi connectivity index (χ3v) is 3.81. The van der Waals surface area contributed by atoms with Crippen LogP contribution in [0, 0.1) is 6.92 Å². The minimum Gasteiger partial charge on any atom is -0.405 e. The first-order chi connectivity index (χ1) is 11.3. The van der Waals surface area contributed by atoms with Crippen molar-refractivity contribution in [1.82, 2.24) is 5.32 Å². The Morgan fingerprint density at radius 3 is 2.58 bits per heavy atom. The quantitative estimate of drug-likeness (QED) is 0.735. The van der Waals surface area contributed by atoms with E-state index < -0.39 is 6.36 Å². The Morgan fingerprint density at radius 2 is 1.88 bits per heavy atom. The number of anilines is 1. The molecule has 0 saturated heterocycles. The van der Waals surface area contributed by atoms with Crippen molar-refractivity contribution in [2.45, 2.75) is 19.8 Å². The molecule has 0 bridgehead atoms. The lowest BCUT2D eigenvalue weighted by atomic mass is 10.2. The van der Waals surface area contributed by atoms with Gasteiger partial charge in [-0.05, 0) is 42.9 Å². The van der Waals surface area contributed by atoms with Crippen LogP contribution in [0.4, 0.5) is 18.9 Å². The molecule has 0 unspecified atom stereocenters. The highest BCUT2D eigenvalue weighted by Crippen LogP contribution is 2.26. The second-order valence-corrected chi connectivity index (χ2v) is 5.69. The number of ether oxygens (including phenoxy) is 1. The molecule has 2 N–H and O–H groups in total. The second kappa shape index (κ2) is 7.72. The lowest BCUT2D eigenvalue weighted by molar-refractivity contribution is -0.274. The minimum atomic E-state index is -4.74. The van der Waals surface area contributed by atoms with Crippen LogP contribution in [0.25, 0.3) is 0 Å². The van der Waals surface area contributed by atoms with Gasteiger partial charge in [0.15, 0.2) is 5.11 Å². The van der Waals surface area contributed by atoms with E-state index >= 15 is 0 Å². The summed E-state index contributed by atoms with van der Waals surface area (Å²) in [6.07, 6.45) is -4.74. The first-order valence-corrected chi connectivity index (χ1v) is 7.68. The third-order valence-electron chi connectivity index (χ3n) is 3.15. The monoisotopic (exact) mass is 374 g/mol. The summed E-state index contributed by atoms with van der Waals surface area (Å²) in [6.45, 7) is 1.91. The highest BCUT2D eigenvalue weighted by Gasteiger charge is 2.31. The maximum atomic E-state index is 12.4. The topological polar surface area (TPSA) is 33.3 Å². The predicted octanol–water partition coefficient (Wildman–Crippen LogP) is 5.03. The first-order valence-electron chi connectivity index (χ1n) is 6.90. The average molecular weight is 375 g/mol. The Morgan fingerprint density at radius 1 is 1.17 bits per heavy atom. The van der Waals surface area contributed by atoms with Crippen molar-refractivity contribution in [2.75, 3.05) is 5.32 Å². The summed E-state index contributed by atoms with van der Waals surface area (Å²) in [5.41, 5.74) is 1.88. The molecule has 0 heterocycles. The Balaban J connectivity index is 2.01. The van der Waals surface area contributed by atoms with E-state index in [1.54, 1.807) is 24.3 Å². The number of alkyl halides is 3. The smallest absolute Gasteiger partial charge is 0.405 e. The number of halogens is 4. The van der Waals surface area contributed by atoms with Crippen LogP contribution >= 0.6 is 23.8 Å². The van der Waals surface area contributed by atoms with Crippen molar-refractivity contribution in [1.29, 1.82) is 0 Å². The zero-order valence-corrected chi connectivity index (χ0v) is 14.1. The van der Waals surface area contributed by atoms with Gasteiger partial charge in [0.2, 0.25) is 0 Å². The number of hydrogen-bond acceptors (Lipinski definition) is 2. The van der Waals surface area contributed by atoms with E-state index in [1.165, 1.54) is 18.2 Å². The van der Waals surface area contributed by atoms with E-state index in [0.717, 1.165) is 11.3 Å². The van der Waals surface area contributed by atoms with E-state index in [2.05, 4.69) is 15.4 Å². The molecule has 0 aliphatic carbocycles. The van der Waals surface area contributed by atoms with Crippen LogP contribution in [0.1, 0.15) is 11.1 Å². The molecule has 0 saturated carbocycles. The van der Waals surface area contributed by atoms with Gasteiger partial charge in [0, 0.05) is 22.8 Å². The highest BCUT2D eigenvalue weighted by atomic mass is 35.5. The van der Waals surface area contributed by atoms with Crippen LogP contribution in [0.3, 0.4) is 0 Å². The SMILES string of the molecule is Cc1c(Cl)cccc1NC(=S)NCc1ccccc1OC(F)(F)F. The number of para-hydroxylation sites is 1. The molecule has 0 atom stereocenters. The molecule has 3 nitrogen and oxygen atoms in total. The Labute approximate surface area is 147 Å². The van der Waals surface area contributed by atoms with Crippen molar-refractivity contribution in [3.05, 3.63) is 58.6 Å². The Hall–Kier alpha value is -1.99. The molecule has 0 aliphatic heterocycles. The van der Waals surface area contributed by atoms with Crippen molar-refractivity contribution in [3.8, 4) is 5.75 Å². The lowest BCUT2D eigenvalue weighted by Gasteiger charge is -2.16. The van der Waals surface area contributed by atoms with Gasteiger partial charge in [-0.3, -0.25) is 0 Å². The molecule has 0 fully saturated rings. The van der Waals surface area contributed by atoms with Gasteiger partial charge in [0.1, 0.15) is 5.75 Å². The van der Waals surface area contributed by atoms with Crippen molar-refractivity contribution < 1.29 is 17.9 Å². The molecule has 128 valence electrons. The van der Waals surface area contributed by atoms with Crippen molar-refractivity contribution in [3.63, 3.8) is 0 Å². The summed E-state index contributed by atoms with van der Waals surface area (Å²) in [5.74, 6) is -0.265. The molecule has 0 aliphatic rings. The molecule has 0 radical (unpaired) electrons. The minimum absolute atomic E-state index is 0.0811. The number of nitrogens with one attached hydrogen (secondary N) is 2. The van der Waals surface area contributed by atoms with Gasteiger partial charge in [0.25, 0.3) is 0 Å².